The van der Waals surface area contributed by atoms with Crippen LogP contribution in [0.15, 0.2) is 97.9 Å². The molecule has 0 saturated carbocycles. The largest absolute Gasteiger partial charge is 0.311 e. The maximum absolute atomic E-state index is 12.4. The number of hydrogen-bond acceptors (Lipinski definition) is 5. The van der Waals surface area contributed by atoms with Crippen molar-refractivity contribution in [2.45, 2.75) is 9.79 Å². The molecule has 1 heterocycles. The van der Waals surface area contributed by atoms with Gasteiger partial charge in [0.2, 0.25) is 0 Å². The zero-order chi connectivity index (χ0) is 18.2. The van der Waals surface area contributed by atoms with Gasteiger partial charge in [0, 0.05) is 9.79 Å². The van der Waals surface area contributed by atoms with E-state index in [1.807, 2.05) is 72.1 Å². The van der Waals surface area contributed by atoms with Crippen LogP contribution in [0.2, 0.25) is 0 Å². The van der Waals surface area contributed by atoms with Gasteiger partial charge in [-0.15, -0.1) is 11.3 Å². The van der Waals surface area contributed by atoms with Crippen LogP contribution in [0, 0.1) is 11.3 Å². The Hall–Kier alpha value is -2.46. The van der Waals surface area contributed by atoms with Crippen molar-refractivity contribution in [3.63, 3.8) is 0 Å². The van der Waals surface area contributed by atoms with E-state index in [2.05, 4.69) is 11.4 Å². The maximum Gasteiger partial charge on any atom is 0.266 e. The second kappa shape index (κ2) is 9.30. The number of thioether (sulfide) groups is 2. The van der Waals surface area contributed by atoms with E-state index in [0.29, 0.717) is 4.88 Å². The van der Waals surface area contributed by atoms with Crippen molar-refractivity contribution in [3.8, 4) is 6.07 Å². The Kier molecular flexibility index (Phi) is 6.56. The third kappa shape index (κ3) is 5.02. The van der Waals surface area contributed by atoms with Crippen LogP contribution in [-0.2, 0) is 0 Å². The van der Waals surface area contributed by atoms with E-state index in [-0.39, 0.29) is 11.6 Å². The van der Waals surface area contributed by atoms with Crippen LogP contribution in [0.4, 0.5) is 0 Å². The second-order valence-corrected chi connectivity index (χ2v) is 8.41. The summed E-state index contributed by atoms with van der Waals surface area (Å²) in [4.78, 5) is 15.0. The molecule has 0 saturated heterocycles. The number of thiophene rings is 1. The van der Waals surface area contributed by atoms with Crippen LogP contribution in [0.1, 0.15) is 9.67 Å². The van der Waals surface area contributed by atoms with E-state index in [9.17, 15) is 10.1 Å². The average Bonchev–Trinajstić information content (AvgIpc) is 3.22. The number of carbonyl (C=O) groups is 1. The molecule has 0 spiro atoms. The van der Waals surface area contributed by atoms with Gasteiger partial charge in [0.15, 0.2) is 0 Å². The van der Waals surface area contributed by atoms with Crippen molar-refractivity contribution in [2.24, 2.45) is 0 Å². The first-order valence-corrected chi connectivity index (χ1v) is 10.2. The first-order valence-electron chi connectivity index (χ1n) is 7.71. The minimum absolute atomic E-state index is 0.256. The summed E-state index contributed by atoms with van der Waals surface area (Å²) in [6.45, 7) is 0. The van der Waals surface area contributed by atoms with Crippen LogP contribution in [-0.4, -0.2) is 5.91 Å². The number of rotatable bonds is 6. The van der Waals surface area contributed by atoms with E-state index in [4.69, 9.17) is 0 Å². The molecule has 3 rings (SSSR count). The van der Waals surface area contributed by atoms with Gasteiger partial charge in [-0.2, -0.15) is 5.26 Å². The molecule has 0 aliphatic heterocycles. The average molecular weight is 395 g/mol. The summed E-state index contributed by atoms with van der Waals surface area (Å²) in [6, 6.07) is 25.3. The SMILES string of the molecule is N#CC(NC(=O)c1cccs1)=C(Sc1ccccc1)Sc1ccccc1. The molecule has 1 amide bonds. The molecule has 26 heavy (non-hydrogen) atoms. The number of allylic oxidation sites excluding steroid dienone is 1. The smallest absolute Gasteiger partial charge is 0.266 e. The van der Waals surface area contributed by atoms with Gasteiger partial charge in [-0.1, -0.05) is 66.0 Å². The minimum atomic E-state index is -0.267. The fourth-order valence-corrected chi connectivity index (χ4v) is 4.80. The molecule has 0 unspecified atom stereocenters. The van der Waals surface area contributed by atoms with E-state index in [1.54, 1.807) is 6.07 Å². The summed E-state index contributed by atoms with van der Waals surface area (Å²) in [5, 5.41) is 14.2. The molecule has 0 aliphatic rings. The first kappa shape index (κ1) is 18.3. The Morgan fingerprint density at radius 1 is 0.885 bits per heavy atom. The predicted octanol–water partition coefficient (Wildman–Crippen LogP) is 5.76. The van der Waals surface area contributed by atoms with Gasteiger partial charge in [-0.3, -0.25) is 4.79 Å². The highest BCUT2D eigenvalue weighted by atomic mass is 32.2. The number of nitrogens with zero attached hydrogens (tertiary/aromatic N) is 1. The standard InChI is InChI=1S/C20H14N2OS3/c21-14-17(22-19(23)18-12-7-13-24-18)20(25-15-8-3-1-4-9-15)26-16-10-5-2-6-11-16/h1-13H,(H,22,23). The fourth-order valence-electron chi connectivity index (χ4n) is 2.02. The number of nitrogens with one attached hydrogen (secondary N) is 1. The lowest BCUT2D eigenvalue weighted by atomic mass is 10.4. The molecule has 3 nitrogen and oxygen atoms in total. The molecule has 6 heteroatoms. The van der Waals surface area contributed by atoms with Crippen molar-refractivity contribution in [1.29, 1.82) is 5.26 Å². The van der Waals surface area contributed by atoms with E-state index >= 15 is 0 Å². The van der Waals surface area contributed by atoms with Crippen molar-refractivity contribution in [1.82, 2.24) is 5.32 Å². The zero-order valence-corrected chi connectivity index (χ0v) is 16.0. The van der Waals surface area contributed by atoms with Gasteiger partial charge in [0.25, 0.3) is 5.91 Å². The van der Waals surface area contributed by atoms with Crippen molar-refractivity contribution >= 4 is 40.8 Å². The lowest BCUT2D eigenvalue weighted by Crippen LogP contribution is -2.21. The third-order valence-electron chi connectivity index (χ3n) is 3.21. The molecule has 0 bridgehead atoms. The van der Waals surface area contributed by atoms with Gasteiger partial charge < -0.3 is 5.32 Å². The van der Waals surface area contributed by atoms with Crippen LogP contribution in [0.5, 0.6) is 0 Å². The van der Waals surface area contributed by atoms with Crippen molar-refractivity contribution in [3.05, 3.63) is 93.0 Å². The molecule has 0 radical (unpaired) electrons. The predicted molar refractivity (Wildman–Crippen MR) is 109 cm³/mol. The number of amides is 1. The topological polar surface area (TPSA) is 52.9 Å². The second-order valence-electron chi connectivity index (χ2n) is 5.04. The highest BCUT2D eigenvalue weighted by molar-refractivity contribution is 8.22. The third-order valence-corrected chi connectivity index (χ3v) is 6.37. The normalized spacial score (nSPS) is 9.96. The van der Waals surface area contributed by atoms with Gasteiger partial charge in [-0.05, 0) is 35.7 Å². The van der Waals surface area contributed by atoms with Crippen LogP contribution in [0.25, 0.3) is 0 Å². The van der Waals surface area contributed by atoms with E-state index in [0.717, 1.165) is 14.0 Å². The molecular weight excluding hydrogens is 380 g/mol. The summed E-state index contributed by atoms with van der Waals surface area (Å²) in [7, 11) is 0. The minimum Gasteiger partial charge on any atom is -0.311 e. The number of benzene rings is 2. The summed E-state index contributed by atoms with van der Waals surface area (Å²) in [6.07, 6.45) is 0. The quantitative estimate of drug-likeness (QED) is 0.427. The maximum atomic E-state index is 12.4. The molecule has 128 valence electrons. The number of hydrogen-bond donors (Lipinski definition) is 1. The Morgan fingerprint density at radius 2 is 1.46 bits per heavy atom. The molecule has 1 N–H and O–H groups in total. The lowest BCUT2D eigenvalue weighted by Gasteiger charge is -2.11. The zero-order valence-electron chi connectivity index (χ0n) is 13.6. The molecule has 1 aromatic heterocycles. The Labute approximate surface area is 164 Å². The molecule has 0 fully saturated rings. The van der Waals surface area contributed by atoms with Gasteiger partial charge in [0.1, 0.15) is 11.8 Å². The van der Waals surface area contributed by atoms with Crippen LogP contribution >= 0.6 is 34.9 Å². The number of carbonyl (C=O) groups excluding carboxylic acids is 1. The Balaban J connectivity index is 1.91. The Bertz CT molecular complexity index is 887. The monoisotopic (exact) mass is 394 g/mol. The molecule has 0 atom stereocenters. The van der Waals surface area contributed by atoms with Gasteiger partial charge in [0.05, 0.1) is 9.11 Å². The highest BCUT2D eigenvalue weighted by Crippen LogP contribution is 2.40. The van der Waals surface area contributed by atoms with Gasteiger partial charge >= 0.3 is 0 Å². The highest BCUT2D eigenvalue weighted by Gasteiger charge is 2.15. The van der Waals surface area contributed by atoms with Crippen LogP contribution in [0.3, 0.4) is 0 Å². The molecular formula is C20H14N2OS3. The van der Waals surface area contributed by atoms with Crippen LogP contribution < -0.4 is 5.32 Å². The van der Waals surface area contributed by atoms with Gasteiger partial charge in [-0.25, -0.2) is 0 Å². The number of nitriles is 1. The van der Waals surface area contributed by atoms with E-state index in [1.165, 1.54) is 34.9 Å². The summed E-state index contributed by atoms with van der Waals surface area (Å²) in [5.74, 6) is -0.267. The lowest BCUT2D eigenvalue weighted by molar-refractivity contribution is 0.0971. The van der Waals surface area contributed by atoms with Crippen molar-refractivity contribution in [2.75, 3.05) is 0 Å². The summed E-state index contributed by atoms with van der Waals surface area (Å²) in [5.41, 5.74) is 0.256. The molecule has 0 aliphatic carbocycles. The van der Waals surface area contributed by atoms with E-state index < -0.39 is 0 Å². The summed E-state index contributed by atoms with van der Waals surface area (Å²) < 4.78 is 0.731. The molecule has 3 aromatic rings. The summed E-state index contributed by atoms with van der Waals surface area (Å²) >= 11 is 4.27. The first-order chi connectivity index (χ1) is 12.8. The van der Waals surface area contributed by atoms with Crippen molar-refractivity contribution < 1.29 is 4.79 Å². The fraction of sp³-hybridized carbons (Fsp3) is 0. The Morgan fingerprint density at radius 3 is 1.92 bits per heavy atom. The molecule has 2 aromatic carbocycles.